The number of Topliss-reactive ketones (excluding diaryl/α,β-unsaturated/α-hetero) is 1. The molecule has 0 saturated heterocycles. The summed E-state index contributed by atoms with van der Waals surface area (Å²) >= 11 is 0. The Hall–Kier alpha value is -1.29. The first kappa shape index (κ1) is 12.8. The van der Waals surface area contributed by atoms with Crippen LogP contribution in [-0.4, -0.2) is 22.9 Å². The maximum absolute atomic E-state index is 13.2. The van der Waals surface area contributed by atoms with Gasteiger partial charge in [-0.2, -0.15) is 0 Å². The Morgan fingerprint density at radius 1 is 1.50 bits per heavy atom. The molecule has 0 aliphatic carbocycles. The highest BCUT2D eigenvalue weighted by Gasteiger charge is 2.13. The fourth-order valence-electron chi connectivity index (χ4n) is 1.29. The molecule has 1 aromatic heterocycles. The monoisotopic (exact) mass is 224 g/mol. The molecule has 16 heavy (non-hydrogen) atoms. The lowest BCUT2D eigenvalue weighted by Gasteiger charge is -2.20. The number of pyridine rings is 1. The third kappa shape index (κ3) is 4.06. The van der Waals surface area contributed by atoms with Gasteiger partial charge in [-0.1, -0.05) is 0 Å². The van der Waals surface area contributed by atoms with Crippen molar-refractivity contribution in [2.24, 2.45) is 0 Å². The van der Waals surface area contributed by atoms with E-state index < -0.39 is 5.82 Å². The summed E-state index contributed by atoms with van der Waals surface area (Å²) in [7, 11) is 0. The predicted molar refractivity (Wildman–Crippen MR) is 60.9 cm³/mol. The van der Waals surface area contributed by atoms with E-state index >= 15 is 0 Å². The first-order chi connectivity index (χ1) is 7.40. The molecule has 0 bridgehead atoms. The molecule has 4 heteroatoms. The summed E-state index contributed by atoms with van der Waals surface area (Å²) in [6.07, 6.45) is 2.77. The number of halogens is 1. The van der Waals surface area contributed by atoms with Crippen LogP contribution in [0.25, 0.3) is 0 Å². The summed E-state index contributed by atoms with van der Waals surface area (Å²) in [5, 5.41) is 3.18. The first-order valence-corrected chi connectivity index (χ1v) is 5.28. The van der Waals surface area contributed by atoms with E-state index in [1.54, 1.807) is 0 Å². The number of carbonyl (C=O) groups is 1. The van der Waals surface area contributed by atoms with Gasteiger partial charge in [-0.25, -0.2) is 4.39 Å². The van der Waals surface area contributed by atoms with Crippen molar-refractivity contribution in [3.63, 3.8) is 0 Å². The van der Waals surface area contributed by atoms with E-state index in [1.807, 2.05) is 20.8 Å². The van der Waals surface area contributed by atoms with E-state index in [9.17, 15) is 9.18 Å². The van der Waals surface area contributed by atoms with Crippen LogP contribution in [0, 0.1) is 5.82 Å². The van der Waals surface area contributed by atoms with E-state index in [-0.39, 0.29) is 23.3 Å². The van der Waals surface area contributed by atoms with Gasteiger partial charge in [0.25, 0.3) is 0 Å². The van der Waals surface area contributed by atoms with Crippen molar-refractivity contribution in [2.45, 2.75) is 32.7 Å². The molecule has 1 aromatic rings. The number of hydrogen-bond donors (Lipinski definition) is 1. The summed E-state index contributed by atoms with van der Waals surface area (Å²) in [6, 6.07) is 1.41. The topological polar surface area (TPSA) is 42.0 Å². The minimum atomic E-state index is -0.553. The zero-order chi connectivity index (χ0) is 12.2. The third-order valence-electron chi connectivity index (χ3n) is 2.08. The van der Waals surface area contributed by atoms with Gasteiger partial charge in [0, 0.05) is 24.7 Å². The normalized spacial score (nSPS) is 11.5. The van der Waals surface area contributed by atoms with Crippen molar-refractivity contribution in [1.29, 1.82) is 0 Å². The molecule has 88 valence electrons. The van der Waals surface area contributed by atoms with Crippen LogP contribution >= 0.6 is 0 Å². The summed E-state index contributed by atoms with van der Waals surface area (Å²) in [5.74, 6) is -0.750. The number of carbonyl (C=O) groups excluding carboxylic acids is 1. The first-order valence-electron chi connectivity index (χ1n) is 5.28. The van der Waals surface area contributed by atoms with Gasteiger partial charge in [0.15, 0.2) is 11.6 Å². The van der Waals surface area contributed by atoms with Crippen molar-refractivity contribution in [1.82, 2.24) is 10.3 Å². The van der Waals surface area contributed by atoms with E-state index in [1.165, 1.54) is 12.3 Å². The van der Waals surface area contributed by atoms with Crippen LogP contribution in [0.2, 0.25) is 0 Å². The lowest BCUT2D eigenvalue weighted by Crippen LogP contribution is -2.37. The molecule has 0 fully saturated rings. The Balaban J connectivity index is 2.51. The average Bonchev–Trinajstić information content (AvgIpc) is 2.16. The zero-order valence-corrected chi connectivity index (χ0v) is 9.88. The number of nitrogens with zero attached hydrogens (tertiary/aromatic N) is 1. The maximum atomic E-state index is 13.2. The standard InChI is InChI=1S/C12H17FN2O/c1-12(2,3)15-7-5-11(16)9-4-6-14-8-10(9)13/h4,6,8,15H,5,7H2,1-3H3. The second-order valence-electron chi connectivity index (χ2n) is 4.71. The number of rotatable bonds is 4. The molecule has 0 amide bonds. The van der Waals surface area contributed by atoms with Crippen molar-refractivity contribution in [3.05, 3.63) is 29.8 Å². The van der Waals surface area contributed by atoms with Crippen LogP contribution in [-0.2, 0) is 0 Å². The van der Waals surface area contributed by atoms with Crippen LogP contribution in [0.3, 0.4) is 0 Å². The van der Waals surface area contributed by atoms with Crippen LogP contribution in [0.5, 0.6) is 0 Å². The quantitative estimate of drug-likeness (QED) is 0.797. The minimum Gasteiger partial charge on any atom is -0.312 e. The maximum Gasteiger partial charge on any atom is 0.167 e. The van der Waals surface area contributed by atoms with Gasteiger partial charge in [-0.15, -0.1) is 0 Å². The number of ketones is 1. The molecule has 1 rings (SSSR count). The molecule has 0 aliphatic rings. The molecule has 0 aromatic carbocycles. The molecule has 1 heterocycles. The second kappa shape index (κ2) is 5.16. The Morgan fingerprint density at radius 3 is 2.75 bits per heavy atom. The largest absolute Gasteiger partial charge is 0.312 e. The highest BCUT2D eigenvalue weighted by Crippen LogP contribution is 2.07. The van der Waals surface area contributed by atoms with Gasteiger partial charge in [0.1, 0.15) is 0 Å². The van der Waals surface area contributed by atoms with Gasteiger partial charge >= 0.3 is 0 Å². The molecular formula is C12H17FN2O. The molecule has 0 spiro atoms. The third-order valence-corrected chi connectivity index (χ3v) is 2.08. The van der Waals surface area contributed by atoms with Gasteiger partial charge < -0.3 is 5.32 Å². The molecule has 3 nitrogen and oxygen atoms in total. The highest BCUT2D eigenvalue weighted by atomic mass is 19.1. The summed E-state index contributed by atoms with van der Waals surface area (Å²) in [5.41, 5.74) is 0.0857. The van der Waals surface area contributed by atoms with Crippen LogP contribution < -0.4 is 5.32 Å². The Morgan fingerprint density at radius 2 is 2.19 bits per heavy atom. The van der Waals surface area contributed by atoms with Crippen LogP contribution in [0.15, 0.2) is 18.5 Å². The van der Waals surface area contributed by atoms with E-state index in [4.69, 9.17) is 0 Å². The number of nitrogens with one attached hydrogen (secondary N) is 1. The zero-order valence-electron chi connectivity index (χ0n) is 9.88. The Kier molecular flexibility index (Phi) is 4.12. The summed E-state index contributed by atoms with van der Waals surface area (Å²) in [6.45, 7) is 6.60. The Bertz CT molecular complexity index is 372. The van der Waals surface area contributed by atoms with Gasteiger partial charge in [-0.05, 0) is 26.8 Å². The van der Waals surface area contributed by atoms with Crippen molar-refractivity contribution >= 4 is 5.78 Å². The summed E-state index contributed by atoms with van der Waals surface area (Å²) < 4.78 is 13.2. The smallest absolute Gasteiger partial charge is 0.167 e. The minimum absolute atomic E-state index is 0.0307. The van der Waals surface area contributed by atoms with Gasteiger partial charge in [0.2, 0.25) is 0 Å². The van der Waals surface area contributed by atoms with E-state index in [0.717, 1.165) is 6.20 Å². The van der Waals surface area contributed by atoms with Crippen LogP contribution in [0.1, 0.15) is 37.6 Å². The second-order valence-corrected chi connectivity index (χ2v) is 4.71. The Labute approximate surface area is 95.1 Å². The lowest BCUT2D eigenvalue weighted by atomic mass is 10.1. The molecule has 1 N–H and O–H groups in total. The molecule has 0 radical (unpaired) electrons. The van der Waals surface area contributed by atoms with Crippen molar-refractivity contribution in [3.8, 4) is 0 Å². The molecule has 0 aliphatic heterocycles. The molecule has 0 unspecified atom stereocenters. The van der Waals surface area contributed by atoms with E-state index in [0.29, 0.717) is 6.54 Å². The fraction of sp³-hybridized carbons (Fsp3) is 0.500. The summed E-state index contributed by atoms with van der Waals surface area (Å²) in [4.78, 5) is 15.2. The van der Waals surface area contributed by atoms with Crippen molar-refractivity contribution < 1.29 is 9.18 Å². The highest BCUT2D eigenvalue weighted by molar-refractivity contribution is 5.96. The van der Waals surface area contributed by atoms with Crippen LogP contribution in [0.4, 0.5) is 4.39 Å². The molecule has 0 saturated carbocycles. The van der Waals surface area contributed by atoms with Gasteiger partial charge in [-0.3, -0.25) is 9.78 Å². The van der Waals surface area contributed by atoms with E-state index in [2.05, 4.69) is 10.3 Å². The lowest BCUT2D eigenvalue weighted by molar-refractivity contribution is 0.0976. The van der Waals surface area contributed by atoms with Crippen molar-refractivity contribution in [2.75, 3.05) is 6.54 Å². The number of hydrogen-bond acceptors (Lipinski definition) is 3. The predicted octanol–water partition coefficient (Wildman–Crippen LogP) is 2.18. The average molecular weight is 224 g/mol. The molecule has 0 atom stereocenters. The van der Waals surface area contributed by atoms with Gasteiger partial charge in [0.05, 0.1) is 11.8 Å². The SMILES string of the molecule is CC(C)(C)NCCC(=O)c1ccncc1F. The molecular weight excluding hydrogens is 207 g/mol. The fourth-order valence-corrected chi connectivity index (χ4v) is 1.29. The number of aromatic nitrogens is 1.